The molecule has 17 heavy (non-hydrogen) atoms. The Morgan fingerprint density at radius 3 is 3.06 bits per heavy atom. The van der Waals surface area contributed by atoms with Crippen molar-refractivity contribution in [3.63, 3.8) is 0 Å². The Kier molecular flexibility index (Phi) is 4.18. The number of carbonyl (C=O) groups excluding carboxylic acids is 1. The van der Waals surface area contributed by atoms with E-state index in [2.05, 4.69) is 5.32 Å². The van der Waals surface area contributed by atoms with Crippen LogP contribution < -0.4 is 10.1 Å². The van der Waals surface area contributed by atoms with E-state index in [0.717, 1.165) is 25.1 Å². The third kappa shape index (κ3) is 3.88. The molecule has 1 N–H and O–H groups in total. The average Bonchev–Trinajstić information content (AvgIpc) is 2.30. The van der Waals surface area contributed by atoms with E-state index < -0.39 is 0 Å². The molecule has 0 spiro atoms. The molecule has 0 saturated carbocycles. The van der Waals surface area contributed by atoms with Crippen LogP contribution in [-0.4, -0.2) is 19.1 Å². The molecule has 0 aliphatic carbocycles. The number of hydrogen-bond donors (Lipinski definition) is 1. The smallest absolute Gasteiger partial charge is 0.315 e. The Bertz CT molecular complexity index is 443. The maximum atomic E-state index is 11.7. The first-order valence-electron chi connectivity index (χ1n) is 5.59. The number of esters is 1. The molecule has 1 aromatic carbocycles. The number of carbonyl (C=O) groups is 1. The summed E-state index contributed by atoms with van der Waals surface area (Å²) in [5, 5.41) is 3.77. The van der Waals surface area contributed by atoms with E-state index in [-0.39, 0.29) is 5.97 Å². The van der Waals surface area contributed by atoms with Crippen LogP contribution in [-0.2, 0) is 4.79 Å². The fourth-order valence-corrected chi connectivity index (χ4v) is 1.89. The lowest BCUT2D eigenvalue weighted by atomic mass is 10.1. The normalized spacial score (nSPS) is 15.2. The molecule has 1 aliphatic rings. The molecule has 0 amide bonds. The molecule has 0 fully saturated rings. The Morgan fingerprint density at radius 2 is 2.35 bits per heavy atom. The molecule has 0 radical (unpaired) electrons. The van der Waals surface area contributed by atoms with Gasteiger partial charge in [-0.25, -0.2) is 0 Å². The van der Waals surface area contributed by atoms with Gasteiger partial charge in [-0.05, 0) is 31.2 Å². The molecule has 1 heterocycles. The lowest BCUT2D eigenvalue weighted by Gasteiger charge is -2.13. The van der Waals surface area contributed by atoms with Crippen LogP contribution in [0.15, 0.2) is 35.9 Å². The van der Waals surface area contributed by atoms with Crippen molar-refractivity contribution in [2.75, 3.05) is 13.1 Å². The van der Waals surface area contributed by atoms with Crippen LogP contribution in [0.2, 0.25) is 5.02 Å². The summed E-state index contributed by atoms with van der Waals surface area (Å²) in [6, 6.07) is 6.86. The SMILES string of the molecule is O=C(CC1=CCNCC1)Oc1cccc(Cl)c1. The van der Waals surface area contributed by atoms with Crippen molar-refractivity contribution in [2.45, 2.75) is 12.8 Å². The van der Waals surface area contributed by atoms with Crippen molar-refractivity contribution in [3.8, 4) is 5.75 Å². The fraction of sp³-hybridized carbons (Fsp3) is 0.308. The molecule has 0 atom stereocenters. The molecule has 1 aromatic rings. The molecule has 0 unspecified atom stereocenters. The highest BCUT2D eigenvalue weighted by molar-refractivity contribution is 6.30. The summed E-state index contributed by atoms with van der Waals surface area (Å²) in [4.78, 5) is 11.7. The monoisotopic (exact) mass is 251 g/mol. The summed E-state index contributed by atoms with van der Waals surface area (Å²) in [6.07, 6.45) is 3.31. The van der Waals surface area contributed by atoms with E-state index in [1.165, 1.54) is 0 Å². The first kappa shape index (κ1) is 12.1. The summed E-state index contributed by atoms with van der Waals surface area (Å²) in [5.41, 5.74) is 1.13. The van der Waals surface area contributed by atoms with Crippen molar-refractivity contribution in [3.05, 3.63) is 40.9 Å². The molecule has 90 valence electrons. The summed E-state index contributed by atoms with van der Waals surface area (Å²) in [6.45, 7) is 1.76. The Morgan fingerprint density at radius 1 is 1.47 bits per heavy atom. The highest BCUT2D eigenvalue weighted by Gasteiger charge is 2.10. The summed E-state index contributed by atoms with van der Waals surface area (Å²) >= 11 is 5.81. The zero-order chi connectivity index (χ0) is 12.1. The first-order chi connectivity index (χ1) is 8.24. The number of hydrogen-bond acceptors (Lipinski definition) is 3. The number of ether oxygens (including phenoxy) is 1. The molecule has 0 bridgehead atoms. The summed E-state index contributed by atoms with van der Waals surface area (Å²) in [7, 11) is 0. The Labute approximate surface area is 105 Å². The van der Waals surface area contributed by atoms with Gasteiger partial charge in [0, 0.05) is 11.6 Å². The minimum atomic E-state index is -0.236. The van der Waals surface area contributed by atoms with Crippen molar-refractivity contribution in [2.24, 2.45) is 0 Å². The zero-order valence-corrected chi connectivity index (χ0v) is 10.2. The fourth-order valence-electron chi connectivity index (χ4n) is 1.71. The highest BCUT2D eigenvalue weighted by Crippen LogP contribution is 2.18. The molecule has 0 saturated heterocycles. The highest BCUT2D eigenvalue weighted by atomic mass is 35.5. The standard InChI is InChI=1S/C13H14ClNO2/c14-11-2-1-3-12(9-11)17-13(16)8-10-4-6-15-7-5-10/h1-4,9,15H,5-8H2. The van der Waals surface area contributed by atoms with Gasteiger partial charge in [-0.1, -0.05) is 29.3 Å². The predicted octanol–water partition coefficient (Wildman–Crippen LogP) is 2.56. The van der Waals surface area contributed by atoms with Crippen LogP contribution in [0.4, 0.5) is 0 Å². The molecule has 3 nitrogen and oxygen atoms in total. The van der Waals surface area contributed by atoms with Crippen LogP contribution in [0.25, 0.3) is 0 Å². The van der Waals surface area contributed by atoms with Crippen molar-refractivity contribution < 1.29 is 9.53 Å². The van der Waals surface area contributed by atoms with E-state index in [4.69, 9.17) is 16.3 Å². The van der Waals surface area contributed by atoms with Crippen LogP contribution in [0.5, 0.6) is 5.75 Å². The lowest BCUT2D eigenvalue weighted by molar-refractivity contribution is -0.133. The van der Waals surface area contributed by atoms with Crippen molar-refractivity contribution in [1.82, 2.24) is 5.32 Å². The molecule has 2 rings (SSSR count). The van der Waals surface area contributed by atoms with E-state index >= 15 is 0 Å². The van der Waals surface area contributed by atoms with E-state index in [1.54, 1.807) is 24.3 Å². The van der Waals surface area contributed by atoms with Gasteiger partial charge in [-0.15, -0.1) is 0 Å². The molecule has 4 heteroatoms. The molecular formula is C13H14ClNO2. The van der Waals surface area contributed by atoms with Crippen LogP contribution in [0.3, 0.4) is 0 Å². The van der Waals surface area contributed by atoms with Gasteiger partial charge in [0.05, 0.1) is 6.42 Å². The minimum Gasteiger partial charge on any atom is -0.426 e. The predicted molar refractivity (Wildman–Crippen MR) is 67.3 cm³/mol. The Balaban J connectivity index is 1.91. The zero-order valence-electron chi connectivity index (χ0n) is 9.41. The second kappa shape index (κ2) is 5.84. The largest absolute Gasteiger partial charge is 0.426 e. The van der Waals surface area contributed by atoms with Crippen LogP contribution >= 0.6 is 11.6 Å². The third-order valence-corrected chi connectivity index (χ3v) is 2.79. The third-order valence-electron chi connectivity index (χ3n) is 2.56. The van der Waals surface area contributed by atoms with Gasteiger partial charge < -0.3 is 10.1 Å². The van der Waals surface area contributed by atoms with Gasteiger partial charge in [0.1, 0.15) is 5.75 Å². The Hall–Kier alpha value is -1.32. The number of benzene rings is 1. The maximum absolute atomic E-state index is 11.7. The minimum absolute atomic E-state index is 0.236. The van der Waals surface area contributed by atoms with Crippen molar-refractivity contribution >= 4 is 17.6 Å². The number of nitrogens with one attached hydrogen (secondary N) is 1. The quantitative estimate of drug-likeness (QED) is 0.510. The summed E-state index contributed by atoms with van der Waals surface area (Å²) in [5.74, 6) is 0.262. The second-order valence-electron chi connectivity index (χ2n) is 3.92. The van der Waals surface area contributed by atoms with Crippen LogP contribution in [0, 0.1) is 0 Å². The molecule has 0 aromatic heterocycles. The van der Waals surface area contributed by atoms with Gasteiger partial charge in [-0.3, -0.25) is 4.79 Å². The topological polar surface area (TPSA) is 38.3 Å². The van der Waals surface area contributed by atoms with E-state index in [0.29, 0.717) is 17.2 Å². The van der Waals surface area contributed by atoms with Crippen LogP contribution in [0.1, 0.15) is 12.8 Å². The van der Waals surface area contributed by atoms with Gasteiger partial charge in [0.2, 0.25) is 0 Å². The first-order valence-corrected chi connectivity index (χ1v) is 5.97. The number of rotatable bonds is 3. The van der Waals surface area contributed by atoms with E-state index in [1.807, 2.05) is 6.08 Å². The lowest BCUT2D eigenvalue weighted by Crippen LogP contribution is -2.22. The molecule has 1 aliphatic heterocycles. The molecular weight excluding hydrogens is 238 g/mol. The maximum Gasteiger partial charge on any atom is 0.315 e. The van der Waals surface area contributed by atoms with Gasteiger partial charge in [-0.2, -0.15) is 0 Å². The second-order valence-corrected chi connectivity index (χ2v) is 4.36. The number of halogens is 1. The average molecular weight is 252 g/mol. The van der Waals surface area contributed by atoms with E-state index in [9.17, 15) is 4.79 Å². The van der Waals surface area contributed by atoms with Gasteiger partial charge >= 0.3 is 5.97 Å². The van der Waals surface area contributed by atoms with Gasteiger partial charge in [0.25, 0.3) is 0 Å². The van der Waals surface area contributed by atoms with Crippen molar-refractivity contribution in [1.29, 1.82) is 0 Å². The van der Waals surface area contributed by atoms with Gasteiger partial charge in [0.15, 0.2) is 0 Å². The summed E-state index contributed by atoms with van der Waals surface area (Å²) < 4.78 is 5.21.